The van der Waals surface area contributed by atoms with E-state index < -0.39 is 0 Å². The molecule has 1 aromatic carbocycles. The summed E-state index contributed by atoms with van der Waals surface area (Å²) in [6.45, 7) is 2.85. The van der Waals surface area contributed by atoms with Crippen molar-refractivity contribution in [1.82, 2.24) is 4.90 Å². The van der Waals surface area contributed by atoms with Gasteiger partial charge in [0.1, 0.15) is 5.75 Å². The van der Waals surface area contributed by atoms with E-state index in [9.17, 15) is 0 Å². The fourth-order valence-corrected chi connectivity index (χ4v) is 4.27. The first-order valence-corrected chi connectivity index (χ1v) is 8.47. The van der Waals surface area contributed by atoms with Gasteiger partial charge in [0.15, 0.2) is 0 Å². The molecule has 2 unspecified atom stereocenters. The Balaban J connectivity index is 2.21. The summed E-state index contributed by atoms with van der Waals surface area (Å²) in [5.41, 5.74) is 7.39. The number of para-hydroxylation sites is 1. The summed E-state index contributed by atoms with van der Waals surface area (Å²) in [5.74, 6) is 0.917. The van der Waals surface area contributed by atoms with Crippen LogP contribution in [0.1, 0.15) is 23.4 Å². The molecule has 2 aromatic rings. The number of thiophene rings is 1. The van der Waals surface area contributed by atoms with E-state index in [1.54, 1.807) is 18.4 Å². The quantitative estimate of drug-likeness (QED) is 0.835. The molecule has 3 nitrogen and oxygen atoms in total. The van der Waals surface area contributed by atoms with Crippen molar-refractivity contribution in [2.75, 3.05) is 14.2 Å². The lowest BCUT2D eigenvalue weighted by Crippen LogP contribution is -2.36. The predicted molar refractivity (Wildman–Crippen MR) is 92.9 cm³/mol. The molecule has 5 heteroatoms. The maximum absolute atomic E-state index is 6.22. The second-order valence-corrected chi connectivity index (χ2v) is 7.67. The van der Waals surface area contributed by atoms with Crippen molar-refractivity contribution in [2.24, 2.45) is 5.73 Å². The molecule has 0 fully saturated rings. The van der Waals surface area contributed by atoms with Crippen LogP contribution in [-0.4, -0.2) is 25.1 Å². The maximum atomic E-state index is 6.22. The van der Waals surface area contributed by atoms with Gasteiger partial charge in [-0.15, -0.1) is 11.3 Å². The molecule has 2 rings (SSSR count). The molecule has 0 radical (unpaired) electrons. The number of likely N-dealkylation sites (N-methyl/N-ethyl adjacent to an activating group) is 1. The molecule has 0 amide bonds. The number of hydrogen-bond acceptors (Lipinski definition) is 4. The van der Waals surface area contributed by atoms with Crippen molar-refractivity contribution >= 4 is 27.3 Å². The van der Waals surface area contributed by atoms with E-state index >= 15 is 0 Å². The average molecular weight is 369 g/mol. The van der Waals surface area contributed by atoms with Crippen LogP contribution in [0.15, 0.2) is 40.2 Å². The second kappa shape index (κ2) is 7.40. The van der Waals surface area contributed by atoms with Crippen LogP contribution in [0.5, 0.6) is 5.75 Å². The Kier molecular flexibility index (Phi) is 5.81. The summed E-state index contributed by atoms with van der Waals surface area (Å²) >= 11 is 5.26. The lowest BCUT2D eigenvalue weighted by molar-refractivity contribution is 0.211. The van der Waals surface area contributed by atoms with Crippen molar-refractivity contribution in [3.63, 3.8) is 0 Å². The van der Waals surface area contributed by atoms with E-state index in [1.165, 1.54) is 10.4 Å². The van der Waals surface area contributed by atoms with Crippen LogP contribution < -0.4 is 10.5 Å². The van der Waals surface area contributed by atoms with Crippen LogP contribution in [0, 0.1) is 0 Å². The largest absolute Gasteiger partial charge is 0.496 e. The Hall–Kier alpha value is -0.880. The Morgan fingerprint density at radius 1 is 1.29 bits per heavy atom. The van der Waals surface area contributed by atoms with E-state index in [2.05, 4.69) is 53.0 Å². The number of rotatable bonds is 6. The highest BCUT2D eigenvalue weighted by molar-refractivity contribution is 9.11. The normalized spacial score (nSPS) is 14.2. The molecule has 0 saturated heterocycles. The van der Waals surface area contributed by atoms with Crippen LogP contribution in [0.4, 0.5) is 0 Å². The molecule has 0 bridgehead atoms. The van der Waals surface area contributed by atoms with Gasteiger partial charge < -0.3 is 10.5 Å². The number of hydrogen-bond donors (Lipinski definition) is 1. The Morgan fingerprint density at radius 3 is 2.57 bits per heavy atom. The molecule has 21 heavy (non-hydrogen) atoms. The molecular formula is C16H21BrN2OS. The monoisotopic (exact) mass is 368 g/mol. The van der Waals surface area contributed by atoms with E-state index in [4.69, 9.17) is 10.5 Å². The summed E-state index contributed by atoms with van der Waals surface area (Å²) in [6.07, 6.45) is 0. The predicted octanol–water partition coefficient (Wildman–Crippen LogP) is 4.04. The van der Waals surface area contributed by atoms with Gasteiger partial charge in [-0.3, -0.25) is 4.90 Å². The van der Waals surface area contributed by atoms with Crippen LogP contribution >= 0.6 is 27.3 Å². The first-order chi connectivity index (χ1) is 10.0. The number of ether oxygens (including phenoxy) is 1. The number of nitrogens with two attached hydrogens (primary N) is 1. The lowest BCUT2D eigenvalue weighted by atomic mass is 10.1. The van der Waals surface area contributed by atoms with E-state index in [0.29, 0.717) is 0 Å². The number of benzene rings is 1. The van der Waals surface area contributed by atoms with E-state index in [0.717, 1.165) is 16.1 Å². The third-order valence-corrected chi connectivity index (χ3v) is 5.16. The smallest absolute Gasteiger partial charge is 0.123 e. The first-order valence-electron chi connectivity index (χ1n) is 6.86. The fourth-order valence-electron chi connectivity index (χ4n) is 2.57. The third kappa shape index (κ3) is 4.07. The highest BCUT2D eigenvalue weighted by Crippen LogP contribution is 2.33. The van der Waals surface area contributed by atoms with Crippen LogP contribution in [-0.2, 0) is 6.54 Å². The molecule has 0 saturated carbocycles. The van der Waals surface area contributed by atoms with Gasteiger partial charge in [0.25, 0.3) is 0 Å². The molecular weight excluding hydrogens is 348 g/mol. The van der Waals surface area contributed by atoms with Gasteiger partial charge in [0.2, 0.25) is 0 Å². The minimum Gasteiger partial charge on any atom is -0.496 e. The van der Waals surface area contributed by atoms with Gasteiger partial charge in [0.05, 0.1) is 16.9 Å². The lowest BCUT2D eigenvalue weighted by Gasteiger charge is -2.30. The summed E-state index contributed by atoms with van der Waals surface area (Å²) < 4.78 is 6.57. The zero-order valence-corrected chi connectivity index (χ0v) is 14.9. The molecule has 1 aromatic heterocycles. The second-order valence-electron chi connectivity index (χ2n) is 5.17. The van der Waals surface area contributed by atoms with E-state index in [-0.39, 0.29) is 12.1 Å². The summed E-state index contributed by atoms with van der Waals surface area (Å²) in [7, 11) is 3.81. The zero-order valence-electron chi connectivity index (χ0n) is 12.5. The topological polar surface area (TPSA) is 38.5 Å². The minimum absolute atomic E-state index is 0.0512. The molecule has 0 spiro atoms. The Labute approximate surface area is 138 Å². The van der Waals surface area contributed by atoms with Crippen LogP contribution in [0.25, 0.3) is 0 Å². The molecule has 2 N–H and O–H groups in total. The van der Waals surface area contributed by atoms with Gasteiger partial charge >= 0.3 is 0 Å². The molecule has 0 aliphatic heterocycles. The maximum Gasteiger partial charge on any atom is 0.123 e. The van der Waals surface area contributed by atoms with E-state index in [1.807, 2.05) is 18.2 Å². The SMILES string of the molecule is COc1ccccc1CN(C)C(c1ccc(Br)s1)C(C)N. The molecule has 2 atom stereocenters. The molecule has 0 aliphatic carbocycles. The average Bonchev–Trinajstić information content (AvgIpc) is 2.85. The molecule has 0 aliphatic rings. The first kappa shape index (κ1) is 16.5. The summed E-state index contributed by atoms with van der Waals surface area (Å²) in [4.78, 5) is 3.55. The Bertz CT molecular complexity index is 585. The highest BCUT2D eigenvalue weighted by Gasteiger charge is 2.23. The van der Waals surface area contributed by atoms with Gasteiger partial charge in [-0.2, -0.15) is 0 Å². The fraction of sp³-hybridized carbons (Fsp3) is 0.375. The number of nitrogens with zero attached hydrogens (tertiary/aromatic N) is 1. The van der Waals surface area contributed by atoms with Crippen molar-refractivity contribution in [2.45, 2.75) is 25.6 Å². The standard InChI is InChI=1S/C16H21BrN2OS/c1-11(18)16(14-8-9-15(17)21-14)19(2)10-12-6-4-5-7-13(12)20-3/h4-9,11,16H,10,18H2,1-3H3. The van der Waals surface area contributed by atoms with Gasteiger partial charge in [-0.1, -0.05) is 18.2 Å². The van der Waals surface area contributed by atoms with Crippen LogP contribution in [0.3, 0.4) is 0 Å². The van der Waals surface area contributed by atoms with Crippen molar-refractivity contribution in [3.05, 3.63) is 50.6 Å². The summed E-state index contributed by atoms with van der Waals surface area (Å²) in [5, 5.41) is 0. The minimum atomic E-state index is 0.0512. The number of halogens is 1. The molecule has 114 valence electrons. The van der Waals surface area contributed by atoms with Gasteiger partial charge in [0, 0.05) is 23.0 Å². The zero-order chi connectivity index (χ0) is 15.4. The highest BCUT2D eigenvalue weighted by atomic mass is 79.9. The Morgan fingerprint density at radius 2 is 2.00 bits per heavy atom. The van der Waals surface area contributed by atoms with Crippen molar-refractivity contribution in [1.29, 1.82) is 0 Å². The number of methoxy groups -OCH3 is 1. The third-order valence-electron chi connectivity index (χ3n) is 3.47. The van der Waals surface area contributed by atoms with Crippen LogP contribution in [0.2, 0.25) is 0 Å². The van der Waals surface area contributed by atoms with Gasteiger partial charge in [-0.05, 0) is 48.1 Å². The molecule has 1 heterocycles. The van der Waals surface area contributed by atoms with Crippen molar-refractivity contribution in [3.8, 4) is 5.75 Å². The van der Waals surface area contributed by atoms with Crippen molar-refractivity contribution < 1.29 is 4.74 Å². The van der Waals surface area contributed by atoms with Gasteiger partial charge in [-0.25, -0.2) is 0 Å². The summed E-state index contributed by atoms with van der Waals surface area (Å²) in [6, 6.07) is 12.6.